The maximum atomic E-state index is 13.3. The Morgan fingerprint density at radius 3 is 1.15 bits per heavy atom. The van der Waals surface area contributed by atoms with E-state index in [0.29, 0.717) is 5.56 Å². The van der Waals surface area contributed by atoms with Gasteiger partial charge in [0.1, 0.15) is 12.2 Å². The molecule has 62 heavy (non-hydrogen) atoms. The summed E-state index contributed by atoms with van der Waals surface area (Å²) < 4.78 is 116. The van der Waals surface area contributed by atoms with Gasteiger partial charge in [0.15, 0.2) is 0 Å². The summed E-state index contributed by atoms with van der Waals surface area (Å²) in [6, 6.07) is 36.8. The number of hydrogen-bond acceptors (Lipinski definition) is 8. The van der Waals surface area contributed by atoms with Crippen LogP contribution in [0.4, 0.5) is 26.3 Å². The summed E-state index contributed by atoms with van der Waals surface area (Å²) in [7, 11) is 0. The molecule has 0 saturated carbocycles. The van der Waals surface area contributed by atoms with E-state index in [4.69, 9.17) is 28.4 Å². The largest absolute Gasteiger partial charge is 0.454 e. The van der Waals surface area contributed by atoms with E-state index in [9.17, 15) is 35.9 Å². The second-order valence-electron chi connectivity index (χ2n) is 14.9. The van der Waals surface area contributed by atoms with Crippen molar-refractivity contribution in [3.8, 4) is 22.3 Å². The van der Waals surface area contributed by atoms with Gasteiger partial charge in [-0.1, -0.05) is 97.1 Å². The molecule has 2 aliphatic heterocycles. The van der Waals surface area contributed by atoms with E-state index >= 15 is 0 Å². The van der Waals surface area contributed by atoms with Crippen molar-refractivity contribution in [3.63, 3.8) is 0 Å². The highest BCUT2D eigenvalue weighted by Gasteiger charge is 2.49. The van der Waals surface area contributed by atoms with Crippen LogP contribution in [-0.4, -0.2) is 50.6 Å². The Morgan fingerprint density at radius 2 is 0.790 bits per heavy atom. The van der Waals surface area contributed by atoms with Crippen LogP contribution < -0.4 is 0 Å². The minimum atomic E-state index is -4.63. The zero-order valence-electron chi connectivity index (χ0n) is 32.4. The molecule has 316 valence electrons. The topological polar surface area (TPSA) is 89.5 Å². The average molecular weight is 853 g/mol. The molecule has 0 atom stereocenters. The van der Waals surface area contributed by atoms with Gasteiger partial charge in [0.25, 0.3) is 0 Å². The van der Waals surface area contributed by atoms with Crippen molar-refractivity contribution in [1.82, 2.24) is 0 Å². The summed E-state index contributed by atoms with van der Waals surface area (Å²) >= 11 is 0. The zero-order chi connectivity index (χ0) is 43.3. The van der Waals surface area contributed by atoms with E-state index in [1.807, 2.05) is 48.5 Å². The van der Waals surface area contributed by atoms with Gasteiger partial charge < -0.3 is 28.4 Å². The van der Waals surface area contributed by atoms with Crippen molar-refractivity contribution in [3.05, 3.63) is 190 Å². The lowest BCUT2D eigenvalue weighted by Gasteiger charge is -2.40. The number of alkyl halides is 6. The average Bonchev–Trinajstić information content (AvgIpc) is 3.56. The number of carbonyl (C=O) groups is 2. The third-order valence-electron chi connectivity index (χ3n) is 11.0. The van der Waals surface area contributed by atoms with E-state index in [0.717, 1.165) is 81.9 Å². The summed E-state index contributed by atoms with van der Waals surface area (Å²) in [4.78, 5) is 26.3. The quantitative estimate of drug-likeness (QED) is 0.116. The van der Waals surface area contributed by atoms with E-state index in [-0.39, 0.29) is 43.1 Å². The van der Waals surface area contributed by atoms with E-state index in [1.165, 1.54) is 0 Å². The normalized spacial score (nSPS) is 17.3. The van der Waals surface area contributed by atoms with Gasteiger partial charge >= 0.3 is 24.3 Å². The monoisotopic (exact) mass is 852 g/mol. The minimum absolute atomic E-state index is 0.0968. The number of carbonyl (C=O) groups excluding carboxylic acids is 2. The second kappa shape index (κ2) is 15.9. The predicted molar refractivity (Wildman–Crippen MR) is 210 cm³/mol. The molecule has 14 heteroatoms. The highest BCUT2D eigenvalue weighted by Crippen LogP contribution is 2.51. The summed E-state index contributed by atoms with van der Waals surface area (Å²) in [5.74, 6) is -4.21. The first-order valence-electron chi connectivity index (χ1n) is 19.5. The summed E-state index contributed by atoms with van der Waals surface area (Å²) in [5, 5.41) is 0. The van der Waals surface area contributed by atoms with Crippen LogP contribution in [0.15, 0.2) is 146 Å². The fourth-order valence-corrected chi connectivity index (χ4v) is 7.92. The van der Waals surface area contributed by atoms with Gasteiger partial charge in [0.05, 0.1) is 48.7 Å². The summed E-state index contributed by atoms with van der Waals surface area (Å²) in [6.45, 7) is -0.306. The molecule has 1 spiro atoms. The van der Waals surface area contributed by atoms with Crippen molar-refractivity contribution in [2.24, 2.45) is 0 Å². The number of hydrogen-bond donors (Lipinski definition) is 0. The lowest BCUT2D eigenvalue weighted by atomic mass is 9.94. The van der Waals surface area contributed by atoms with Crippen molar-refractivity contribution in [2.45, 2.75) is 36.1 Å². The molecule has 8 nitrogen and oxygen atoms in total. The first-order valence-corrected chi connectivity index (χ1v) is 19.5. The van der Waals surface area contributed by atoms with Gasteiger partial charge in [-0.05, 0) is 70.8 Å². The van der Waals surface area contributed by atoms with Crippen LogP contribution in [0.1, 0.15) is 54.1 Å². The third-order valence-corrected chi connectivity index (χ3v) is 11.0. The van der Waals surface area contributed by atoms with Gasteiger partial charge in [0.2, 0.25) is 11.6 Å². The fourth-order valence-electron chi connectivity index (χ4n) is 7.92. The Hall–Kier alpha value is -6.32. The highest BCUT2D eigenvalue weighted by molar-refractivity contribution is 5.91. The molecule has 0 N–H and O–H groups in total. The Kier molecular flexibility index (Phi) is 10.5. The van der Waals surface area contributed by atoms with Crippen LogP contribution in [0.2, 0.25) is 0 Å². The Bertz CT molecular complexity index is 2480. The first kappa shape index (κ1) is 41.1. The second-order valence-corrected chi connectivity index (χ2v) is 14.9. The van der Waals surface area contributed by atoms with Crippen LogP contribution in [-0.2, 0) is 52.3 Å². The molecular formula is C48H34F6O8. The third kappa shape index (κ3) is 7.64. The van der Waals surface area contributed by atoms with Crippen molar-refractivity contribution >= 4 is 11.9 Å². The maximum absolute atomic E-state index is 13.3. The molecule has 1 aliphatic carbocycles. The van der Waals surface area contributed by atoms with E-state index in [2.05, 4.69) is 0 Å². The van der Waals surface area contributed by atoms with Crippen molar-refractivity contribution < 1.29 is 64.4 Å². The van der Waals surface area contributed by atoms with E-state index < -0.39 is 59.2 Å². The molecular weight excluding hydrogens is 819 g/mol. The van der Waals surface area contributed by atoms with Gasteiger partial charge in [-0.2, -0.15) is 26.3 Å². The van der Waals surface area contributed by atoms with Crippen LogP contribution >= 0.6 is 0 Å². The molecule has 3 aliphatic rings. The summed E-state index contributed by atoms with van der Waals surface area (Å²) in [5.41, 5.74) is 4.21. The Morgan fingerprint density at radius 1 is 0.452 bits per heavy atom. The number of fused-ring (bicyclic) bond motifs is 5. The lowest BCUT2D eigenvalue weighted by molar-refractivity contribution is -0.277. The number of ether oxygens (including phenoxy) is 6. The van der Waals surface area contributed by atoms with Gasteiger partial charge in [0, 0.05) is 22.3 Å². The van der Waals surface area contributed by atoms with Crippen molar-refractivity contribution in [2.75, 3.05) is 26.4 Å². The minimum Gasteiger partial charge on any atom is -0.454 e. The molecule has 0 unspecified atom stereocenters. The SMILES string of the molecule is O=C(OC1COC(c2ccc(C(F)(F)F)cc2)(c2ccc(C(F)(F)F)cc2)OC1)c1ccc(-c2ccc(C(=O)OC3COC4(OC3)c3ccccc3-c3ccccc34)cc2)cc1. The van der Waals surface area contributed by atoms with Crippen LogP contribution in [0.25, 0.3) is 22.3 Å². The molecule has 0 bridgehead atoms. The molecule has 2 saturated heterocycles. The van der Waals surface area contributed by atoms with Gasteiger partial charge in [-0.25, -0.2) is 9.59 Å². The molecule has 2 heterocycles. The molecule has 2 fully saturated rings. The van der Waals surface area contributed by atoms with Crippen LogP contribution in [0.5, 0.6) is 0 Å². The number of halogens is 6. The number of esters is 2. The molecule has 6 aromatic rings. The first-order chi connectivity index (χ1) is 29.7. The predicted octanol–water partition coefficient (Wildman–Crippen LogP) is 10.3. The number of rotatable bonds is 7. The standard InChI is InChI=1S/C48H34F6O8/c49-47(50,51)35-21-17-33(18-22-35)45(34-19-23-36(24-20-34)48(52,53)54)57-25-37(26-58-45)61-43(55)31-13-9-29(10-14-31)30-11-15-32(16-12-30)44(56)62-38-27-59-46(60-28-38)41-7-3-1-5-39(41)40-6-2-4-8-42(40)46/h1-24,37-38H,25-28H2. The number of benzene rings is 6. The smallest absolute Gasteiger partial charge is 0.416 e. The molecule has 6 aromatic carbocycles. The van der Waals surface area contributed by atoms with Gasteiger partial charge in [-0.15, -0.1) is 0 Å². The lowest BCUT2D eigenvalue weighted by Crippen LogP contribution is -2.46. The molecule has 0 aromatic heterocycles. The fraction of sp³-hybridized carbons (Fsp3) is 0.208. The molecule has 9 rings (SSSR count). The van der Waals surface area contributed by atoms with Crippen LogP contribution in [0, 0.1) is 0 Å². The summed E-state index contributed by atoms with van der Waals surface area (Å²) in [6.07, 6.45) is -10.8. The molecule has 0 radical (unpaired) electrons. The Labute approximate surface area is 350 Å². The van der Waals surface area contributed by atoms with E-state index in [1.54, 1.807) is 48.5 Å². The Balaban J connectivity index is 0.810. The highest BCUT2D eigenvalue weighted by atomic mass is 19.4. The van der Waals surface area contributed by atoms with Crippen LogP contribution in [0.3, 0.4) is 0 Å². The molecule has 0 amide bonds. The van der Waals surface area contributed by atoms with Crippen molar-refractivity contribution in [1.29, 1.82) is 0 Å². The maximum Gasteiger partial charge on any atom is 0.416 e. The zero-order valence-corrected chi connectivity index (χ0v) is 32.4. The van der Waals surface area contributed by atoms with Gasteiger partial charge in [-0.3, -0.25) is 0 Å².